The van der Waals surface area contributed by atoms with Crippen LogP contribution >= 0.6 is 0 Å². The van der Waals surface area contributed by atoms with E-state index in [2.05, 4.69) is 64.1 Å². The van der Waals surface area contributed by atoms with Crippen LogP contribution in [0.2, 0.25) is 0 Å². The number of methoxy groups -OCH3 is 1. The average molecular weight is 592 g/mol. The summed E-state index contributed by atoms with van der Waals surface area (Å²) in [5.41, 5.74) is 5.20. The van der Waals surface area contributed by atoms with Crippen LogP contribution in [0.4, 0.5) is 4.79 Å². The Bertz CT molecular complexity index is 2150. The van der Waals surface area contributed by atoms with Gasteiger partial charge in [0.2, 0.25) is 0 Å². The second-order valence-corrected chi connectivity index (χ2v) is 11.9. The van der Waals surface area contributed by atoms with Gasteiger partial charge in [-0.2, -0.15) is 0 Å². The van der Waals surface area contributed by atoms with Crippen LogP contribution in [0.5, 0.6) is 0 Å². The molecule has 44 heavy (non-hydrogen) atoms. The SMILES string of the molecule is C=C/C=C(\C=C)NC(=O)N(C)[C@@H]1C[C@H]2O[C@@](C)([C@@H]1OC)n1c3ccccc3c3c4c(c5c6ccccc6n2c5c31)C(=O)NC4.[HH].[HH]. The molecular weight excluding hydrogens is 554 g/mol. The van der Waals surface area contributed by atoms with E-state index in [1.807, 2.05) is 24.3 Å². The van der Waals surface area contributed by atoms with Gasteiger partial charge in [0.1, 0.15) is 12.3 Å². The number of hydrogen-bond donors (Lipinski definition) is 2. The van der Waals surface area contributed by atoms with E-state index in [0.29, 0.717) is 18.7 Å². The fraction of sp³-hybridized carbons (Fsp3) is 0.257. The molecule has 5 aromatic rings. The number of aromatic nitrogens is 2. The van der Waals surface area contributed by atoms with Crippen molar-refractivity contribution in [2.24, 2.45) is 0 Å². The molecule has 8 rings (SSSR count). The highest BCUT2D eigenvalue weighted by molar-refractivity contribution is 6.31. The number of carbonyl (C=O) groups excluding carboxylic acids is 2. The predicted octanol–water partition coefficient (Wildman–Crippen LogP) is 6.52. The number of likely N-dealkylation sites (N-methyl/N-ethyl adjacent to an activating group) is 1. The molecule has 2 N–H and O–H groups in total. The number of nitrogens with one attached hydrogen (secondary N) is 2. The van der Waals surface area contributed by atoms with Crippen molar-refractivity contribution in [2.45, 2.75) is 44.0 Å². The van der Waals surface area contributed by atoms with Gasteiger partial charge in [0, 0.05) is 57.2 Å². The largest absolute Gasteiger partial charge is 0.374 e. The molecular formula is C35H37N5O4. The van der Waals surface area contributed by atoms with Gasteiger partial charge < -0.3 is 34.1 Å². The van der Waals surface area contributed by atoms with Gasteiger partial charge in [0.05, 0.1) is 33.7 Å². The van der Waals surface area contributed by atoms with E-state index in [-0.39, 0.29) is 20.8 Å². The maximum absolute atomic E-state index is 13.7. The molecule has 9 heteroatoms. The molecule has 5 heterocycles. The lowest BCUT2D eigenvalue weighted by Crippen LogP contribution is -2.62. The van der Waals surface area contributed by atoms with Crippen molar-refractivity contribution in [2.75, 3.05) is 14.2 Å². The van der Waals surface area contributed by atoms with Crippen molar-refractivity contribution in [1.82, 2.24) is 24.7 Å². The Hall–Kier alpha value is -4.86. The third kappa shape index (κ3) is 3.25. The molecule has 3 aromatic carbocycles. The van der Waals surface area contributed by atoms with E-state index < -0.39 is 18.1 Å². The zero-order valence-electron chi connectivity index (χ0n) is 24.9. The van der Waals surface area contributed by atoms with Crippen LogP contribution < -0.4 is 10.6 Å². The second-order valence-electron chi connectivity index (χ2n) is 11.9. The summed E-state index contributed by atoms with van der Waals surface area (Å²) in [5.74, 6) is -0.0596. The quantitative estimate of drug-likeness (QED) is 0.228. The lowest BCUT2D eigenvalue weighted by molar-refractivity contribution is -0.264. The molecule has 0 unspecified atom stereocenters. The lowest BCUT2D eigenvalue weighted by Gasteiger charge is -2.50. The van der Waals surface area contributed by atoms with Crippen LogP contribution in [0, 0.1) is 0 Å². The number of urea groups is 1. The molecule has 0 saturated carbocycles. The number of allylic oxidation sites excluding steroid dienone is 3. The Morgan fingerprint density at radius 2 is 1.84 bits per heavy atom. The van der Waals surface area contributed by atoms with E-state index in [1.54, 1.807) is 37.3 Å². The number of hydrogen-bond acceptors (Lipinski definition) is 4. The summed E-state index contributed by atoms with van der Waals surface area (Å²) in [5, 5.41) is 10.1. The number of para-hydroxylation sites is 2. The van der Waals surface area contributed by atoms with Gasteiger partial charge in [-0.05, 0) is 36.8 Å². The third-order valence-corrected chi connectivity index (χ3v) is 9.78. The standard InChI is InChI=1S/C35H33N5O4.2H2/c1-6-12-19(7-2)37-34(42)38(4)25-17-26-39-23-15-10-8-13-20(23)28-29-22(18-36-33(29)41)27-21-14-9-11-16-24(21)40(31(27)30(28)39)35(3,44-26)32(25)43-5;;/h6-16,25-26,32H,1-2,17-18H2,3-5H3,(H,36,41)(H,37,42);2*1H/b19-12+;;/t25-,26-,32-,35+;;/m1../s1. The Kier molecular flexibility index (Phi) is 5.66. The molecule has 1 fully saturated rings. The van der Waals surface area contributed by atoms with Gasteiger partial charge in [-0.3, -0.25) is 4.79 Å². The average Bonchev–Trinajstić information content (AvgIpc) is 3.67. The molecule has 3 aliphatic rings. The molecule has 3 amide bonds. The molecule has 4 atom stereocenters. The van der Waals surface area contributed by atoms with E-state index in [4.69, 9.17) is 9.47 Å². The number of fused-ring (bicyclic) bond motifs is 13. The lowest BCUT2D eigenvalue weighted by atomic mass is 9.92. The molecule has 0 radical (unpaired) electrons. The highest BCUT2D eigenvalue weighted by Crippen LogP contribution is 2.54. The Balaban J connectivity index is 0.00000186. The summed E-state index contributed by atoms with van der Waals surface area (Å²) >= 11 is 0. The first kappa shape index (κ1) is 26.7. The number of rotatable bonds is 5. The smallest absolute Gasteiger partial charge is 0.321 e. The van der Waals surface area contributed by atoms with Crippen LogP contribution in [-0.2, 0) is 21.7 Å². The topological polar surface area (TPSA) is 89.8 Å². The Morgan fingerprint density at radius 3 is 2.55 bits per heavy atom. The van der Waals surface area contributed by atoms with E-state index in [9.17, 15) is 9.59 Å². The molecule has 0 spiro atoms. The summed E-state index contributed by atoms with van der Waals surface area (Å²) < 4.78 is 18.0. The van der Waals surface area contributed by atoms with Crippen molar-refractivity contribution in [1.29, 1.82) is 0 Å². The third-order valence-electron chi connectivity index (χ3n) is 9.78. The molecule has 0 aliphatic carbocycles. The summed E-state index contributed by atoms with van der Waals surface area (Å²) in [7, 11) is 3.47. The zero-order chi connectivity index (χ0) is 30.5. The van der Waals surface area contributed by atoms with Crippen LogP contribution in [0.15, 0.2) is 85.6 Å². The van der Waals surface area contributed by atoms with E-state index in [0.717, 1.165) is 54.7 Å². The van der Waals surface area contributed by atoms with Gasteiger partial charge in [-0.25, -0.2) is 4.79 Å². The summed E-state index contributed by atoms with van der Waals surface area (Å²) in [6, 6.07) is 15.8. The van der Waals surface area contributed by atoms with Crippen LogP contribution in [0.3, 0.4) is 0 Å². The van der Waals surface area contributed by atoms with Gasteiger partial charge in [0.25, 0.3) is 5.91 Å². The van der Waals surface area contributed by atoms with E-state index >= 15 is 0 Å². The number of benzene rings is 3. The fourth-order valence-electron chi connectivity index (χ4n) is 8.04. The minimum absolute atomic E-state index is 0. The fourth-order valence-corrected chi connectivity index (χ4v) is 8.04. The normalized spacial score (nSPS) is 24.1. The second kappa shape index (κ2) is 9.32. The van der Waals surface area contributed by atoms with Crippen molar-refractivity contribution in [3.05, 3.63) is 96.7 Å². The van der Waals surface area contributed by atoms with Crippen LogP contribution in [0.25, 0.3) is 43.6 Å². The maximum atomic E-state index is 13.7. The van der Waals surface area contributed by atoms with Crippen LogP contribution in [-0.4, -0.2) is 52.3 Å². The van der Waals surface area contributed by atoms with Gasteiger partial charge in [-0.1, -0.05) is 55.6 Å². The van der Waals surface area contributed by atoms with Crippen LogP contribution in [0.1, 0.15) is 38.3 Å². The van der Waals surface area contributed by atoms with Crippen molar-refractivity contribution < 1.29 is 21.9 Å². The molecule has 3 aliphatic heterocycles. The molecule has 2 aromatic heterocycles. The number of amides is 3. The Morgan fingerprint density at radius 1 is 1.14 bits per heavy atom. The summed E-state index contributed by atoms with van der Waals surface area (Å²) in [6.45, 7) is 10.1. The highest BCUT2D eigenvalue weighted by atomic mass is 16.6. The monoisotopic (exact) mass is 591 g/mol. The van der Waals surface area contributed by atoms with Gasteiger partial charge in [-0.15, -0.1) is 0 Å². The minimum Gasteiger partial charge on any atom is -0.374 e. The van der Waals surface area contributed by atoms with Gasteiger partial charge >= 0.3 is 6.03 Å². The Labute approximate surface area is 256 Å². The highest BCUT2D eigenvalue weighted by Gasteiger charge is 2.55. The maximum Gasteiger partial charge on any atom is 0.321 e. The van der Waals surface area contributed by atoms with Crippen molar-refractivity contribution >= 4 is 55.5 Å². The van der Waals surface area contributed by atoms with Gasteiger partial charge in [0.15, 0.2) is 5.72 Å². The van der Waals surface area contributed by atoms with E-state index in [1.165, 1.54) is 0 Å². The minimum atomic E-state index is -1.02. The molecule has 9 nitrogen and oxygen atoms in total. The summed E-state index contributed by atoms with van der Waals surface area (Å²) in [4.78, 5) is 28.9. The first-order chi connectivity index (χ1) is 21.3. The molecule has 226 valence electrons. The number of nitrogens with zero attached hydrogens (tertiary/aromatic N) is 3. The first-order valence-corrected chi connectivity index (χ1v) is 14.8. The van der Waals surface area contributed by atoms with Crippen molar-refractivity contribution in [3.63, 3.8) is 0 Å². The number of carbonyl (C=O) groups is 2. The summed E-state index contributed by atoms with van der Waals surface area (Å²) in [6.07, 6.45) is 4.37. The van der Waals surface area contributed by atoms with Crippen molar-refractivity contribution in [3.8, 4) is 0 Å². The number of ether oxygens (including phenoxy) is 2. The predicted molar refractivity (Wildman–Crippen MR) is 176 cm³/mol. The molecule has 1 saturated heterocycles. The zero-order valence-corrected chi connectivity index (χ0v) is 24.9. The first-order valence-electron chi connectivity index (χ1n) is 14.8. The molecule has 2 bridgehead atoms.